The van der Waals surface area contributed by atoms with E-state index in [9.17, 15) is 13.2 Å². The number of rotatable bonds is 9. The van der Waals surface area contributed by atoms with Crippen molar-refractivity contribution >= 4 is 15.9 Å². The second-order valence-corrected chi connectivity index (χ2v) is 11.0. The molecule has 4 rings (SSSR count). The molecule has 0 aromatic heterocycles. The van der Waals surface area contributed by atoms with Gasteiger partial charge in [0.05, 0.1) is 23.6 Å². The largest absolute Gasteiger partial charge is 0.494 e. The van der Waals surface area contributed by atoms with Gasteiger partial charge in [-0.05, 0) is 55.7 Å². The summed E-state index contributed by atoms with van der Waals surface area (Å²) in [6.07, 6.45) is 0. The van der Waals surface area contributed by atoms with Gasteiger partial charge in [-0.2, -0.15) is 4.72 Å². The third-order valence-corrected chi connectivity index (χ3v) is 8.22. The van der Waals surface area contributed by atoms with Crippen LogP contribution in [0.4, 0.5) is 0 Å². The van der Waals surface area contributed by atoms with E-state index in [1.54, 1.807) is 30.9 Å². The van der Waals surface area contributed by atoms with Crippen molar-refractivity contribution in [2.45, 2.75) is 37.8 Å². The molecule has 7 nitrogen and oxygen atoms in total. The van der Waals surface area contributed by atoms with Crippen LogP contribution in [-0.4, -0.2) is 63.0 Å². The van der Waals surface area contributed by atoms with Gasteiger partial charge in [0.2, 0.25) is 15.9 Å². The quantitative estimate of drug-likeness (QED) is 0.461. The summed E-state index contributed by atoms with van der Waals surface area (Å²) >= 11 is 0. The number of sulfonamides is 1. The lowest BCUT2D eigenvalue weighted by Gasteiger charge is -2.40. The maximum absolute atomic E-state index is 13.2. The van der Waals surface area contributed by atoms with Crippen molar-refractivity contribution in [1.82, 2.24) is 14.5 Å². The predicted octanol–water partition coefficient (Wildman–Crippen LogP) is 3.99. The molecule has 0 spiro atoms. The normalized spacial score (nSPS) is 15.5. The zero-order chi connectivity index (χ0) is 26.4. The molecule has 3 aromatic carbocycles. The highest BCUT2D eigenvalue weighted by atomic mass is 32.2. The van der Waals surface area contributed by atoms with Crippen molar-refractivity contribution in [3.63, 3.8) is 0 Å². The van der Waals surface area contributed by atoms with Gasteiger partial charge in [0.15, 0.2) is 0 Å². The Kier molecular flexibility index (Phi) is 8.63. The Hall–Kier alpha value is -3.20. The van der Waals surface area contributed by atoms with E-state index in [0.29, 0.717) is 38.5 Å². The van der Waals surface area contributed by atoms with Crippen LogP contribution >= 0.6 is 0 Å². The molecule has 0 saturated carbocycles. The monoisotopic (exact) mass is 521 g/mol. The van der Waals surface area contributed by atoms with Crippen LogP contribution in [-0.2, 0) is 14.8 Å². The van der Waals surface area contributed by atoms with Gasteiger partial charge in [-0.25, -0.2) is 8.42 Å². The van der Waals surface area contributed by atoms with Crippen molar-refractivity contribution in [3.8, 4) is 5.75 Å². The maximum atomic E-state index is 13.2. The standard InChI is InChI=1S/C29H35N3O4S/c1-4-36-27-16-15-26(21-22(27)2)37(34,35)30-23(3)29(33)32-19-17-31(18-20-32)28(24-11-7-5-8-12-24)25-13-9-6-10-14-25/h5-16,21,23,28,30H,4,17-20H2,1-3H3/t23-/m0/s1. The SMILES string of the molecule is CCOc1ccc(S(=O)(=O)N[C@@H](C)C(=O)N2CCN(C(c3ccccc3)c3ccccc3)CC2)cc1C. The first kappa shape index (κ1) is 26.9. The molecule has 1 aliphatic heterocycles. The van der Waals surface area contributed by atoms with Crippen LogP contribution in [0.1, 0.15) is 36.6 Å². The van der Waals surface area contributed by atoms with E-state index < -0.39 is 16.1 Å². The van der Waals surface area contributed by atoms with E-state index in [0.717, 1.165) is 5.56 Å². The lowest BCUT2D eigenvalue weighted by atomic mass is 9.96. The third-order valence-electron chi connectivity index (χ3n) is 6.68. The van der Waals surface area contributed by atoms with Crippen LogP contribution in [0.5, 0.6) is 5.75 Å². The highest BCUT2D eigenvalue weighted by molar-refractivity contribution is 7.89. The number of amides is 1. The molecule has 37 heavy (non-hydrogen) atoms. The van der Waals surface area contributed by atoms with Crippen molar-refractivity contribution in [1.29, 1.82) is 0 Å². The number of nitrogens with zero attached hydrogens (tertiary/aromatic N) is 2. The number of nitrogens with one attached hydrogen (secondary N) is 1. The summed E-state index contributed by atoms with van der Waals surface area (Å²) in [4.78, 5) is 17.4. The van der Waals surface area contributed by atoms with Crippen LogP contribution in [0, 0.1) is 6.92 Å². The lowest BCUT2D eigenvalue weighted by Crippen LogP contribution is -2.54. The molecule has 8 heteroatoms. The average molecular weight is 522 g/mol. The van der Waals surface area contributed by atoms with E-state index >= 15 is 0 Å². The summed E-state index contributed by atoms with van der Waals surface area (Å²) in [5.41, 5.74) is 3.15. The molecule has 196 valence electrons. The van der Waals surface area contributed by atoms with Crippen molar-refractivity contribution < 1.29 is 17.9 Å². The van der Waals surface area contributed by atoms with Crippen molar-refractivity contribution in [2.24, 2.45) is 0 Å². The van der Waals surface area contributed by atoms with Crippen LogP contribution < -0.4 is 9.46 Å². The Morgan fingerprint density at radius 2 is 1.49 bits per heavy atom. The number of piperazine rings is 1. The van der Waals surface area contributed by atoms with Crippen LogP contribution in [0.2, 0.25) is 0 Å². The van der Waals surface area contributed by atoms with Gasteiger partial charge in [-0.1, -0.05) is 60.7 Å². The fourth-order valence-electron chi connectivity index (χ4n) is 4.82. The molecule has 1 atom stereocenters. The molecule has 3 aromatic rings. The number of aryl methyl sites for hydroxylation is 1. The second kappa shape index (κ2) is 11.9. The summed E-state index contributed by atoms with van der Waals surface area (Å²) in [6.45, 7) is 8.23. The van der Waals surface area contributed by atoms with E-state index in [1.807, 2.05) is 43.3 Å². The summed E-state index contributed by atoms with van der Waals surface area (Å²) in [7, 11) is -3.86. The molecule has 1 amide bonds. The zero-order valence-electron chi connectivity index (χ0n) is 21.6. The highest BCUT2D eigenvalue weighted by Crippen LogP contribution is 2.29. The van der Waals surface area contributed by atoms with E-state index in [-0.39, 0.29) is 16.8 Å². The smallest absolute Gasteiger partial charge is 0.241 e. The van der Waals surface area contributed by atoms with E-state index in [1.165, 1.54) is 17.2 Å². The van der Waals surface area contributed by atoms with Gasteiger partial charge < -0.3 is 9.64 Å². The van der Waals surface area contributed by atoms with Gasteiger partial charge in [0.1, 0.15) is 5.75 Å². The summed E-state index contributed by atoms with van der Waals surface area (Å²) < 4.78 is 34.0. The number of hydrogen-bond donors (Lipinski definition) is 1. The molecule has 0 radical (unpaired) electrons. The molecular formula is C29H35N3O4S. The van der Waals surface area contributed by atoms with Crippen molar-refractivity contribution in [3.05, 3.63) is 95.6 Å². The van der Waals surface area contributed by atoms with Gasteiger partial charge >= 0.3 is 0 Å². The van der Waals surface area contributed by atoms with Gasteiger partial charge in [-0.15, -0.1) is 0 Å². The Morgan fingerprint density at radius 3 is 2.00 bits per heavy atom. The second-order valence-electron chi connectivity index (χ2n) is 9.29. The maximum Gasteiger partial charge on any atom is 0.241 e. The average Bonchev–Trinajstić information content (AvgIpc) is 2.91. The highest BCUT2D eigenvalue weighted by Gasteiger charge is 2.31. The number of benzene rings is 3. The molecule has 1 fully saturated rings. The zero-order valence-corrected chi connectivity index (χ0v) is 22.4. The number of hydrogen-bond acceptors (Lipinski definition) is 5. The van der Waals surface area contributed by atoms with Crippen molar-refractivity contribution in [2.75, 3.05) is 32.8 Å². The Morgan fingerprint density at radius 1 is 0.919 bits per heavy atom. The Labute approximate surface area is 220 Å². The Balaban J connectivity index is 1.41. The minimum Gasteiger partial charge on any atom is -0.494 e. The fraction of sp³-hybridized carbons (Fsp3) is 0.345. The fourth-order valence-corrected chi connectivity index (χ4v) is 6.10. The van der Waals surface area contributed by atoms with Crippen LogP contribution in [0.15, 0.2) is 83.8 Å². The molecule has 0 bridgehead atoms. The van der Waals surface area contributed by atoms with E-state index in [2.05, 4.69) is 33.9 Å². The molecule has 1 aliphatic rings. The molecule has 0 unspecified atom stereocenters. The summed E-state index contributed by atoms with van der Waals surface area (Å²) in [6, 6.07) is 24.7. The number of ether oxygens (including phenoxy) is 1. The van der Waals surface area contributed by atoms with Gasteiger partial charge in [0, 0.05) is 26.2 Å². The molecule has 1 saturated heterocycles. The third kappa shape index (κ3) is 6.39. The topological polar surface area (TPSA) is 78.9 Å². The molecule has 1 heterocycles. The van der Waals surface area contributed by atoms with Crippen LogP contribution in [0.3, 0.4) is 0 Å². The van der Waals surface area contributed by atoms with Crippen LogP contribution in [0.25, 0.3) is 0 Å². The predicted molar refractivity (Wildman–Crippen MR) is 145 cm³/mol. The minimum absolute atomic E-state index is 0.0958. The minimum atomic E-state index is -3.86. The first-order valence-electron chi connectivity index (χ1n) is 12.7. The first-order valence-corrected chi connectivity index (χ1v) is 14.2. The number of carbonyl (C=O) groups excluding carboxylic acids is 1. The van der Waals surface area contributed by atoms with E-state index in [4.69, 9.17) is 4.74 Å². The van der Waals surface area contributed by atoms with Gasteiger partial charge in [0.25, 0.3) is 0 Å². The summed E-state index contributed by atoms with van der Waals surface area (Å²) in [5.74, 6) is 0.426. The Bertz CT molecular complexity index is 1250. The van der Waals surface area contributed by atoms with Gasteiger partial charge in [-0.3, -0.25) is 9.69 Å². The first-order chi connectivity index (χ1) is 17.8. The molecular weight excluding hydrogens is 486 g/mol. The lowest BCUT2D eigenvalue weighted by molar-refractivity contribution is -0.134. The molecule has 1 N–H and O–H groups in total. The molecule has 0 aliphatic carbocycles. The summed E-state index contributed by atoms with van der Waals surface area (Å²) in [5, 5.41) is 0. The number of carbonyl (C=O) groups is 1.